The van der Waals surface area contributed by atoms with Gasteiger partial charge in [0.25, 0.3) is 0 Å². The third-order valence-electron chi connectivity index (χ3n) is 2.63. The molecule has 1 atom stereocenters. The minimum absolute atomic E-state index is 0.0191. The van der Waals surface area contributed by atoms with Gasteiger partial charge in [-0.2, -0.15) is 0 Å². The van der Waals surface area contributed by atoms with Crippen LogP contribution in [0.25, 0.3) is 0 Å². The van der Waals surface area contributed by atoms with E-state index in [0.29, 0.717) is 6.54 Å². The third-order valence-corrected chi connectivity index (χ3v) is 2.63. The van der Waals surface area contributed by atoms with Crippen molar-refractivity contribution in [1.29, 1.82) is 0 Å². The summed E-state index contributed by atoms with van der Waals surface area (Å²) in [6.45, 7) is 12.8. The first kappa shape index (κ1) is 15.2. The van der Waals surface area contributed by atoms with E-state index >= 15 is 0 Å². The van der Waals surface area contributed by atoms with Crippen LogP contribution in [0.3, 0.4) is 0 Å². The number of hydrogen-bond acceptors (Lipinski definition) is 3. The molecule has 1 fully saturated rings. The molecule has 18 heavy (non-hydrogen) atoms. The van der Waals surface area contributed by atoms with Gasteiger partial charge in [-0.05, 0) is 34.7 Å². The zero-order valence-corrected chi connectivity index (χ0v) is 12.4. The lowest BCUT2D eigenvalue weighted by molar-refractivity contribution is -0.0136. The number of nitrogens with one attached hydrogen (secondary N) is 2. The van der Waals surface area contributed by atoms with E-state index in [-0.39, 0.29) is 11.6 Å². The van der Waals surface area contributed by atoms with E-state index in [2.05, 4.69) is 55.3 Å². The molecule has 2 N–H and O–H groups in total. The van der Waals surface area contributed by atoms with E-state index in [1.807, 2.05) is 0 Å². The Morgan fingerprint density at radius 2 is 2.17 bits per heavy atom. The lowest BCUT2D eigenvalue weighted by atomic mass is 10.1. The summed E-state index contributed by atoms with van der Waals surface area (Å²) in [7, 11) is 2.12. The van der Waals surface area contributed by atoms with Gasteiger partial charge in [0.1, 0.15) is 0 Å². The molecule has 0 spiro atoms. The first-order valence-electron chi connectivity index (χ1n) is 6.77. The van der Waals surface area contributed by atoms with E-state index in [0.717, 1.165) is 32.2 Å². The summed E-state index contributed by atoms with van der Waals surface area (Å²) in [5.41, 5.74) is 0.0191. The van der Waals surface area contributed by atoms with Crippen molar-refractivity contribution in [3.8, 4) is 0 Å². The van der Waals surface area contributed by atoms with Crippen molar-refractivity contribution in [2.24, 2.45) is 4.99 Å². The van der Waals surface area contributed by atoms with Crippen LogP contribution in [0.1, 0.15) is 27.7 Å². The van der Waals surface area contributed by atoms with E-state index in [1.54, 1.807) is 0 Å². The summed E-state index contributed by atoms with van der Waals surface area (Å²) in [6.07, 6.45) is 0.208. The zero-order chi connectivity index (χ0) is 13.6. The summed E-state index contributed by atoms with van der Waals surface area (Å²) in [4.78, 5) is 6.89. The quantitative estimate of drug-likeness (QED) is 0.576. The van der Waals surface area contributed by atoms with Gasteiger partial charge in [-0.3, -0.25) is 4.99 Å². The second kappa shape index (κ2) is 6.95. The monoisotopic (exact) mass is 256 g/mol. The van der Waals surface area contributed by atoms with Crippen LogP contribution in [0.4, 0.5) is 0 Å². The lowest BCUT2D eigenvalue weighted by Crippen LogP contribution is -2.48. The van der Waals surface area contributed by atoms with Gasteiger partial charge in [0.15, 0.2) is 5.96 Å². The average molecular weight is 256 g/mol. The smallest absolute Gasteiger partial charge is 0.191 e. The van der Waals surface area contributed by atoms with Gasteiger partial charge in [0, 0.05) is 25.2 Å². The molecule has 1 saturated heterocycles. The van der Waals surface area contributed by atoms with Crippen molar-refractivity contribution in [3.05, 3.63) is 0 Å². The predicted octanol–water partition coefficient (Wildman–Crippen LogP) is 0.671. The molecule has 1 rings (SSSR count). The summed E-state index contributed by atoms with van der Waals surface area (Å²) >= 11 is 0. The maximum Gasteiger partial charge on any atom is 0.191 e. The van der Waals surface area contributed by atoms with Crippen LogP contribution in [-0.4, -0.2) is 62.3 Å². The Morgan fingerprint density at radius 3 is 2.72 bits per heavy atom. The van der Waals surface area contributed by atoms with E-state index in [4.69, 9.17) is 4.74 Å². The zero-order valence-electron chi connectivity index (χ0n) is 12.4. The second-order valence-corrected chi connectivity index (χ2v) is 5.85. The van der Waals surface area contributed by atoms with Gasteiger partial charge in [0.05, 0.1) is 19.3 Å². The van der Waals surface area contributed by atoms with Crippen molar-refractivity contribution < 1.29 is 4.74 Å². The van der Waals surface area contributed by atoms with Crippen molar-refractivity contribution in [1.82, 2.24) is 15.5 Å². The van der Waals surface area contributed by atoms with Crippen LogP contribution in [0.15, 0.2) is 4.99 Å². The number of likely N-dealkylation sites (N-methyl/N-ethyl adjacent to an activating group) is 1. The van der Waals surface area contributed by atoms with Crippen LogP contribution in [0.2, 0.25) is 0 Å². The maximum atomic E-state index is 5.70. The Kier molecular flexibility index (Phi) is 5.88. The van der Waals surface area contributed by atoms with Gasteiger partial charge >= 0.3 is 0 Å². The third kappa shape index (κ3) is 6.21. The molecular formula is C13H28N4O. The SMILES string of the molecule is CCNC(=NCC1CN(C)CCO1)NC(C)(C)C. The molecular weight excluding hydrogens is 228 g/mol. The first-order valence-corrected chi connectivity index (χ1v) is 6.77. The Morgan fingerprint density at radius 1 is 1.44 bits per heavy atom. The van der Waals surface area contributed by atoms with Gasteiger partial charge in [-0.15, -0.1) is 0 Å². The number of guanidine groups is 1. The number of ether oxygens (including phenoxy) is 1. The molecule has 0 aromatic rings. The Balaban J connectivity index is 2.48. The second-order valence-electron chi connectivity index (χ2n) is 5.85. The highest BCUT2D eigenvalue weighted by atomic mass is 16.5. The molecule has 1 heterocycles. The molecule has 0 aliphatic carbocycles. The largest absolute Gasteiger partial charge is 0.374 e. The number of aliphatic imine (C=N–C) groups is 1. The molecule has 0 aromatic carbocycles. The molecule has 0 amide bonds. The number of nitrogens with zero attached hydrogens (tertiary/aromatic N) is 2. The van der Waals surface area contributed by atoms with Crippen LogP contribution in [0, 0.1) is 0 Å². The van der Waals surface area contributed by atoms with Crippen molar-refractivity contribution >= 4 is 5.96 Å². The highest BCUT2D eigenvalue weighted by Gasteiger charge is 2.18. The lowest BCUT2D eigenvalue weighted by Gasteiger charge is -2.29. The Bertz CT molecular complexity index is 273. The number of morpholine rings is 1. The molecule has 5 heteroatoms. The first-order chi connectivity index (χ1) is 8.40. The van der Waals surface area contributed by atoms with E-state index < -0.39 is 0 Å². The van der Waals surface area contributed by atoms with Crippen molar-refractivity contribution in [3.63, 3.8) is 0 Å². The molecule has 1 unspecified atom stereocenters. The normalized spacial score (nSPS) is 22.9. The topological polar surface area (TPSA) is 48.9 Å². The summed E-state index contributed by atoms with van der Waals surface area (Å²) < 4.78 is 5.70. The molecule has 0 saturated carbocycles. The summed E-state index contributed by atoms with van der Waals surface area (Å²) in [5.74, 6) is 0.863. The van der Waals surface area contributed by atoms with Gasteiger partial charge in [0.2, 0.25) is 0 Å². The highest BCUT2D eigenvalue weighted by Crippen LogP contribution is 2.03. The van der Waals surface area contributed by atoms with E-state index in [9.17, 15) is 0 Å². The fourth-order valence-electron chi connectivity index (χ4n) is 1.83. The van der Waals surface area contributed by atoms with Crippen LogP contribution < -0.4 is 10.6 Å². The number of rotatable bonds is 3. The van der Waals surface area contributed by atoms with Crippen molar-refractivity contribution in [2.45, 2.75) is 39.3 Å². The van der Waals surface area contributed by atoms with Crippen LogP contribution in [-0.2, 0) is 4.74 Å². The van der Waals surface area contributed by atoms with Crippen LogP contribution in [0.5, 0.6) is 0 Å². The molecule has 0 radical (unpaired) electrons. The maximum absolute atomic E-state index is 5.70. The van der Waals surface area contributed by atoms with Gasteiger partial charge < -0.3 is 20.3 Å². The molecule has 0 bridgehead atoms. The van der Waals surface area contributed by atoms with E-state index in [1.165, 1.54) is 0 Å². The standard InChI is InChI=1S/C13H28N4O/c1-6-14-12(16-13(2,3)4)15-9-11-10-17(5)7-8-18-11/h11H,6-10H2,1-5H3,(H2,14,15,16). The summed E-state index contributed by atoms with van der Waals surface area (Å²) in [5, 5.41) is 6.64. The predicted molar refractivity (Wildman–Crippen MR) is 76.1 cm³/mol. The fraction of sp³-hybridized carbons (Fsp3) is 0.923. The fourth-order valence-corrected chi connectivity index (χ4v) is 1.83. The van der Waals surface area contributed by atoms with Gasteiger partial charge in [-0.25, -0.2) is 0 Å². The van der Waals surface area contributed by atoms with Gasteiger partial charge in [-0.1, -0.05) is 0 Å². The number of hydrogen-bond donors (Lipinski definition) is 2. The molecule has 5 nitrogen and oxygen atoms in total. The minimum Gasteiger partial charge on any atom is -0.374 e. The van der Waals surface area contributed by atoms with Crippen LogP contribution >= 0.6 is 0 Å². The van der Waals surface area contributed by atoms with Crippen molar-refractivity contribution in [2.75, 3.05) is 39.8 Å². The minimum atomic E-state index is 0.0191. The molecule has 1 aliphatic heterocycles. The molecule has 0 aromatic heterocycles. The Labute approximate surface area is 111 Å². The summed E-state index contributed by atoms with van der Waals surface area (Å²) in [6, 6.07) is 0. The highest BCUT2D eigenvalue weighted by molar-refractivity contribution is 5.80. The molecule has 106 valence electrons. The molecule has 1 aliphatic rings. The Hall–Kier alpha value is -0.810. The average Bonchev–Trinajstić information content (AvgIpc) is 2.24.